The Morgan fingerprint density at radius 1 is 1.12 bits per heavy atom. The molecule has 3 rings (SSSR count). The minimum atomic E-state index is 0.332. The Morgan fingerprint density at radius 2 is 1.88 bits per heavy atom. The SMILES string of the molecule is N#C[C@@H]1[C@H]2CC[C@H](C2)[C@@H]1Cc1ccccc1. The van der Waals surface area contributed by atoms with Crippen molar-refractivity contribution in [3.63, 3.8) is 0 Å². The van der Waals surface area contributed by atoms with Crippen LogP contribution in [0.15, 0.2) is 30.3 Å². The molecule has 0 aromatic heterocycles. The van der Waals surface area contributed by atoms with Gasteiger partial charge in [-0.15, -0.1) is 0 Å². The molecule has 2 fully saturated rings. The first kappa shape index (κ1) is 9.90. The average Bonchev–Trinajstić information content (AvgIpc) is 2.91. The molecular formula is C15H17N. The highest BCUT2D eigenvalue weighted by Gasteiger charge is 2.47. The van der Waals surface area contributed by atoms with Crippen LogP contribution in [0.2, 0.25) is 0 Å². The van der Waals surface area contributed by atoms with Gasteiger partial charge in [0, 0.05) is 0 Å². The fourth-order valence-electron chi connectivity index (χ4n) is 3.79. The Hall–Kier alpha value is -1.29. The summed E-state index contributed by atoms with van der Waals surface area (Å²) in [5, 5.41) is 9.29. The summed E-state index contributed by atoms with van der Waals surface area (Å²) in [4.78, 5) is 0. The van der Waals surface area contributed by atoms with E-state index in [0.717, 1.165) is 12.3 Å². The molecule has 0 radical (unpaired) electrons. The van der Waals surface area contributed by atoms with Gasteiger partial charge in [0.05, 0.1) is 12.0 Å². The maximum absolute atomic E-state index is 9.29. The predicted molar refractivity (Wildman–Crippen MR) is 63.6 cm³/mol. The first-order chi connectivity index (χ1) is 7.88. The van der Waals surface area contributed by atoms with Crippen molar-refractivity contribution >= 4 is 0 Å². The van der Waals surface area contributed by atoms with Crippen molar-refractivity contribution in [3.8, 4) is 6.07 Å². The van der Waals surface area contributed by atoms with Gasteiger partial charge in [-0.05, 0) is 49.0 Å². The molecule has 1 heteroatoms. The van der Waals surface area contributed by atoms with Crippen molar-refractivity contribution in [2.75, 3.05) is 0 Å². The lowest BCUT2D eigenvalue weighted by Gasteiger charge is -2.26. The number of nitrogens with zero attached hydrogens (tertiary/aromatic N) is 1. The molecule has 0 spiro atoms. The molecule has 0 aliphatic heterocycles. The molecule has 0 N–H and O–H groups in total. The second-order valence-electron chi connectivity index (χ2n) is 5.34. The molecule has 2 bridgehead atoms. The van der Waals surface area contributed by atoms with Crippen molar-refractivity contribution in [2.45, 2.75) is 25.7 Å². The maximum Gasteiger partial charge on any atom is 0.0661 e. The summed E-state index contributed by atoms with van der Waals surface area (Å²) in [6.45, 7) is 0. The topological polar surface area (TPSA) is 23.8 Å². The van der Waals surface area contributed by atoms with Crippen LogP contribution >= 0.6 is 0 Å². The molecule has 2 aliphatic rings. The van der Waals surface area contributed by atoms with Crippen molar-refractivity contribution < 1.29 is 0 Å². The number of benzene rings is 1. The van der Waals surface area contributed by atoms with Gasteiger partial charge in [0.2, 0.25) is 0 Å². The zero-order chi connectivity index (χ0) is 11.0. The van der Waals surface area contributed by atoms with Crippen LogP contribution in [0, 0.1) is 35.0 Å². The summed E-state index contributed by atoms with van der Waals surface area (Å²) in [5.41, 5.74) is 1.40. The third-order valence-electron chi connectivity index (χ3n) is 4.55. The lowest BCUT2D eigenvalue weighted by Crippen LogP contribution is -2.23. The number of fused-ring (bicyclic) bond motifs is 2. The van der Waals surface area contributed by atoms with Gasteiger partial charge in [-0.1, -0.05) is 30.3 Å². The number of hydrogen-bond donors (Lipinski definition) is 0. The van der Waals surface area contributed by atoms with Gasteiger partial charge >= 0.3 is 0 Å². The lowest BCUT2D eigenvalue weighted by molar-refractivity contribution is 0.270. The molecule has 1 nitrogen and oxygen atoms in total. The van der Waals surface area contributed by atoms with E-state index in [-0.39, 0.29) is 0 Å². The second kappa shape index (κ2) is 3.94. The first-order valence-electron chi connectivity index (χ1n) is 6.32. The molecule has 0 amide bonds. The summed E-state index contributed by atoms with van der Waals surface area (Å²) < 4.78 is 0. The van der Waals surface area contributed by atoms with Gasteiger partial charge in [0.25, 0.3) is 0 Å². The van der Waals surface area contributed by atoms with Gasteiger partial charge in [-0.2, -0.15) is 5.26 Å². The number of rotatable bonds is 2. The Morgan fingerprint density at radius 3 is 2.62 bits per heavy atom. The predicted octanol–water partition coefficient (Wildman–Crippen LogP) is 3.41. The zero-order valence-electron chi connectivity index (χ0n) is 9.47. The van der Waals surface area contributed by atoms with Crippen LogP contribution in [0.4, 0.5) is 0 Å². The summed E-state index contributed by atoms with van der Waals surface area (Å²) in [6.07, 6.45) is 5.09. The van der Waals surface area contributed by atoms with Crippen LogP contribution in [-0.2, 0) is 6.42 Å². The molecule has 1 aromatic rings. The van der Waals surface area contributed by atoms with Crippen LogP contribution in [-0.4, -0.2) is 0 Å². The molecule has 16 heavy (non-hydrogen) atoms. The summed E-state index contributed by atoms with van der Waals surface area (Å²) >= 11 is 0. The van der Waals surface area contributed by atoms with Crippen LogP contribution in [0.3, 0.4) is 0 Å². The Bertz CT molecular complexity index is 403. The van der Waals surface area contributed by atoms with Crippen LogP contribution in [0.1, 0.15) is 24.8 Å². The van der Waals surface area contributed by atoms with Gasteiger partial charge in [0.15, 0.2) is 0 Å². The third-order valence-corrected chi connectivity index (χ3v) is 4.55. The fraction of sp³-hybridized carbons (Fsp3) is 0.533. The van der Waals surface area contributed by atoms with Crippen LogP contribution in [0.25, 0.3) is 0 Å². The largest absolute Gasteiger partial charge is 0.198 e. The van der Waals surface area contributed by atoms with E-state index in [0.29, 0.717) is 17.8 Å². The van der Waals surface area contributed by atoms with Gasteiger partial charge in [-0.25, -0.2) is 0 Å². The molecule has 2 aliphatic carbocycles. The monoisotopic (exact) mass is 211 g/mol. The lowest BCUT2D eigenvalue weighted by atomic mass is 9.77. The van der Waals surface area contributed by atoms with E-state index in [1.54, 1.807) is 0 Å². The number of nitriles is 1. The molecule has 2 saturated carbocycles. The summed E-state index contributed by atoms with van der Waals surface area (Å²) in [5.74, 6) is 2.50. The van der Waals surface area contributed by atoms with E-state index in [2.05, 4.69) is 36.4 Å². The van der Waals surface area contributed by atoms with E-state index in [4.69, 9.17) is 0 Å². The molecule has 1 aromatic carbocycles. The van der Waals surface area contributed by atoms with Crippen molar-refractivity contribution in [1.82, 2.24) is 0 Å². The highest BCUT2D eigenvalue weighted by molar-refractivity contribution is 5.18. The van der Waals surface area contributed by atoms with E-state index in [1.807, 2.05) is 0 Å². The van der Waals surface area contributed by atoms with Crippen LogP contribution < -0.4 is 0 Å². The zero-order valence-corrected chi connectivity index (χ0v) is 9.47. The van der Waals surface area contributed by atoms with Gasteiger partial charge in [0.1, 0.15) is 0 Å². The van der Waals surface area contributed by atoms with Crippen molar-refractivity contribution in [3.05, 3.63) is 35.9 Å². The fourth-order valence-corrected chi connectivity index (χ4v) is 3.79. The molecule has 4 atom stereocenters. The van der Waals surface area contributed by atoms with E-state index >= 15 is 0 Å². The first-order valence-corrected chi connectivity index (χ1v) is 6.32. The summed E-state index contributed by atoms with van der Waals surface area (Å²) in [7, 11) is 0. The average molecular weight is 211 g/mol. The molecule has 82 valence electrons. The standard InChI is InChI=1S/C15H17N/c16-10-15-13-7-6-12(9-13)14(15)8-11-4-2-1-3-5-11/h1-5,12-15H,6-9H2/t12-,13+,14+,15-/m1/s1. The highest BCUT2D eigenvalue weighted by atomic mass is 14.5. The molecule has 0 unspecified atom stereocenters. The minimum absolute atomic E-state index is 0.332. The Balaban J connectivity index is 1.78. The smallest absolute Gasteiger partial charge is 0.0661 e. The maximum atomic E-state index is 9.29. The number of hydrogen-bond acceptors (Lipinski definition) is 1. The van der Waals surface area contributed by atoms with Gasteiger partial charge < -0.3 is 0 Å². The van der Waals surface area contributed by atoms with E-state index < -0.39 is 0 Å². The van der Waals surface area contributed by atoms with Crippen molar-refractivity contribution in [2.24, 2.45) is 23.7 Å². The van der Waals surface area contributed by atoms with E-state index in [9.17, 15) is 5.26 Å². The second-order valence-corrected chi connectivity index (χ2v) is 5.34. The van der Waals surface area contributed by atoms with Gasteiger partial charge in [-0.3, -0.25) is 0 Å². The molecular weight excluding hydrogens is 194 g/mol. The normalized spacial score (nSPS) is 36.2. The summed E-state index contributed by atoms with van der Waals surface area (Å²) in [6, 6.07) is 13.2. The van der Waals surface area contributed by atoms with Crippen LogP contribution in [0.5, 0.6) is 0 Å². The molecule has 0 saturated heterocycles. The van der Waals surface area contributed by atoms with Crippen molar-refractivity contribution in [1.29, 1.82) is 5.26 Å². The van der Waals surface area contributed by atoms with E-state index in [1.165, 1.54) is 24.8 Å². The third kappa shape index (κ3) is 1.53. The minimum Gasteiger partial charge on any atom is -0.198 e. The highest BCUT2D eigenvalue weighted by Crippen LogP contribution is 2.52. The molecule has 0 heterocycles. The quantitative estimate of drug-likeness (QED) is 0.735. The Labute approximate surface area is 97.1 Å². The Kier molecular flexibility index (Phi) is 2.44.